The van der Waals surface area contributed by atoms with Crippen LogP contribution in [-0.2, 0) is 7.05 Å². The van der Waals surface area contributed by atoms with Crippen molar-refractivity contribution in [1.29, 1.82) is 0 Å². The Morgan fingerprint density at radius 3 is 2.88 bits per heavy atom. The number of piperazine rings is 1. The summed E-state index contributed by atoms with van der Waals surface area (Å²) < 4.78 is 2.01. The molecule has 1 aliphatic heterocycles. The van der Waals surface area contributed by atoms with Gasteiger partial charge in [0.05, 0.1) is 11.6 Å². The number of aryl methyl sites for hydroxylation is 1. The Morgan fingerprint density at radius 2 is 2.08 bits per heavy atom. The third kappa shape index (κ3) is 2.37. The smallest absolute Gasteiger partial charge is 0.275 e. The minimum Gasteiger partial charge on any atom is -0.337 e. The molecule has 0 bridgehead atoms. The molecule has 0 unspecified atom stereocenters. The predicted octanol–water partition coefficient (Wildman–Crippen LogP) is 1.43. The number of benzene rings is 1. The molecular formula is C17H20N6O. The van der Waals surface area contributed by atoms with Gasteiger partial charge >= 0.3 is 0 Å². The summed E-state index contributed by atoms with van der Waals surface area (Å²) in [6, 6.07) is 7.81. The molecule has 7 heteroatoms. The van der Waals surface area contributed by atoms with Gasteiger partial charge in [0.25, 0.3) is 5.91 Å². The molecular weight excluding hydrogens is 304 g/mol. The number of aromatic amines is 1. The van der Waals surface area contributed by atoms with E-state index in [2.05, 4.69) is 27.1 Å². The van der Waals surface area contributed by atoms with Gasteiger partial charge in [-0.15, -0.1) is 0 Å². The maximum atomic E-state index is 13.0. The maximum Gasteiger partial charge on any atom is 0.275 e. The van der Waals surface area contributed by atoms with Crippen LogP contribution in [0.4, 0.5) is 0 Å². The maximum absolute atomic E-state index is 13.0. The summed E-state index contributed by atoms with van der Waals surface area (Å²) in [5.41, 5.74) is 1.38. The highest BCUT2D eigenvalue weighted by Gasteiger charge is 2.32. The van der Waals surface area contributed by atoms with Gasteiger partial charge in [-0.25, -0.2) is 4.98 Å². The Bertz CT molecular complexity index is 882. The lowest BCUT2D eigenvalue weighted by Gasteiger charge is -2.38. The third-order valence-electron chi connectivity index (χ3n) is 4.76. The SMILES string of the molecule is CN1CCN(C(=O)c2n[nH]c3ccccc23)C[C@@H]1c1nccn1C. The number of rotatable bonds is 2. The van der Waals surface area contributed by atoms with Crippen molar-refractivity contribution >= 4 is 16.8 Å². The van der Waals surface area contributed by atoms with E-state index < -0.39 is 0 Å². The molecule has 0 radical (unpaired) electrons. The van der Waals surface area contributed by atoms with E-state index >= 15 is 0 Å². The first-order valence-electron chi connectivity index (χ1n) is 8.05. The first-order valence-corrected chi connectivity index (χ1v) is 8.05. The molecule has 1 atom stereocenters. The number of hydrogen-bond donors (Lipinski definition) is 1. The van der Waals surface area contributed by atoms with Gasteiger partial charge in [0, 0.05) is 44.5 Å². The first-order chi connectivity index (χ1) is 11.6. The van der Waals surface area contributed by atoms with Crippen LogP contribution in [0, 0.1) is 0 Å². The van der Waals surface area contributed by atoms with Crippen molar-refractivity contribution in [2.24, 2.45) is 7.05 Å². The number of likely N-dealkylation sites (N-methyl/N-ethyl adjacent to an activating group) is 1. The zero-order valence-electron chi connectivity index (χ0n) is 13.8. The van der Waals surface area contributed by atoms with Gasteiger partial charge in [-0.3, -0.25) is 14.8 Å². The molecule has 4 rings (SSSR count). The summed E-state index contributed by atoms with van der Waals surface area (Å²) >= 11 is 0. The molecule has 24 heavy (non-hydrogen) atoms. The quantitative estimate of drug-likeness (QED) is 0.774. The zero-order valence-corrected chi connectivity index (χ0v) is 13.8. The van der Waals surface area contributed by atoms with Crippen LogP contribution in [0.15, 0.2) is 36.7 Å². The van der Waals surface area contributed by atoms with Gasteiger partial charge in [0.2, 0.25) is 0 Å². The number of amides is 1. The van der Waals surface area contributed by atoms with Gasteiger partial charge in [-0.2, -0.15) is 5.10 Å². The van der Waals surface area contributed by atoms with Crippen molar-refractivity contribution < 1.29 is 4.79 Å². The second-order valence-corrected chi connectivity index (χ2v) is 6.26. The van der Waals surface area contributed by atoms with Gasteiger partial charge < -0.3 is 9.47 Å². The number of nitrogens with one attached hydrogen (secondary N) is 1. The molecule has 7 nitrogen and oxygen atoms in total. The summed E-state index contributed by atoms with van der Waals surface area (Å²) in [5, 5.41) is 8.05. The lowest BCUT2D eigenvalue weighted by atomic mass is 10.1. The van der Waals surface area contributed by atoms with Crippen LogP contribution in [-0.4, -0.2) is 62.1 Å². The highest BCUT2D eigenvalue weighted by atomic mass is 16.2. The van der Waals surface area contributed by atoms with Crippen LogP contribution in [0.25, 0.3) is 10.9 Å². The molecule has 1 aromatic carbocycles. The third-order valence-corrected chi connectivity index (χ3v) is 4.76. The number of fused-ring (bicyclic) bond motifs is 1. The summed E-state index contributed by atoms with van der Waals surface area (Å²) in [7, 11) is 4.06. The largest absolute Gasteiger partial charge is 0.337 e. The average molecular weight is 324 g/mol. The van der Waals surface area contributed by atoms with E-state index in [0.717, 1.165) is 23.3 Å². The zero-order chi connectivity index (χ0) is 16.7. The Hall–Kier alpha value is -2.67. The molecule has 1 aliphatic rings. The molecule has 2 aromatic heterocycles. The standard InChI is InChI=1S/C17H20N6O/c1-21-9-10-23(11-14(21)16-18-7-8-22(16)2)17(24)15-12-5-3-4-6-13(12)19-20-15/h3-8,14H,9-11H2,1-2H3,(H,19,20)/t14-/m1/s1. The monoisotopic (exact) mass is 324 g/mol. The van der Waals surface area contributed by atoms with E-state index in [4.69, 9.17) is 0 Å². The van der Waals surface area contributed by atoms with E-state index in [9.17, 15) is 4.79 Å². The summed E-state index contributed by atoms with van der Waals surface area (Å²) in [4.78, 5) is 21.6. The second-order valence-electron chi connectivity index (χ2n) is 6.26. The van der Waals surface area contributed by atoms with E-state index in [1.165, 1.54) is 0 Å². The summed E-state index contributed by atoms with van der Waals surface area (Å²) in [6.07, 6.45) is 3.73. The average Bonchev–Trinajstić information content (AvgIpc) is 3.21. The molecule has 0 spiro atoms. The highest BCUT2D eigenvalue weighted by Crippen LogP contribution is 2.24. The van der Waals surface area contributed by atoms with Crippen molar-refractivity contribution in [3.8, 4) is 0 Å². The number of H-pyrrole nitrogens is 1. The molecule has 1 N–H and O–H groups in total. The molecule has 0 aliphatic carbocycles. The van der Waals surface area contributed by atoms with E-state index in [1.54, 1.807) is 6.20 Å². The van der Waals surface area contributed by atoms with E-state index in [-0.39, 0.29) is 11.9 Å². The van der Waals surface area contributed by atoms with Crippen LogP contribution in [0.1, 0.15) is 22.4 Å². The minimum atomic E-state index is -0.0280. The fraction of sp³-hybridized carbons (Fsp3) is 0.353. The number of imidazole rings is 1. The van der Waals surface area contributed by atoms with Crippen LogP contribution < -0.4 is 0 Å². The van der Waals surface area contributed by atoms with Crippen molar-refractivity contribution in [3.05, 3.63) is 48.2 Å². The van der Waals surface area contributed by atoms with Crippen molar-refractivity contribution in [2.75, 3.05) is 26.7 Å². The molecule has 3 aromatic rings. The molecule has 1 fully saturated rings. The number of aromatic nitrogens is 4. The lowest BCUT2D eigenvalue weighted by molar-refractivity contribution is 0.0525. The number of para-hydroxylation sites is 1. The first kappa shape index (κ1) is 14.9. The summed E-state index contributed by atoms with van der Waals surface area (Å²) in [6.45, 7) is 2.12. The van der Waals surface area contributed by atoms with Crippen molar-refractivity contribution in [1.82, 2.24) is 29.5 Å². The fourth-order valence-electron chi connectivity index (χ4n) is 3.31. The molecule has 3 heterocycles. The molecule has 124 valence electrons. The van der Waals surface area contributed by atoms with Crippen molar-refractivity contribution in [2.45, 2.75) is 6.04 Å². The van der Waals surface area contributed by atoms with Gasteiger partial charge in [0.15, 0.2) is 5.69 Å². The Labute approximate surface area is 139 Å². The van der Waals surface area contributed by atoms with E-state index in [1.807, 2.05) is 47.0 Å². The molecule has 1 saturated heterocycles. The highest BCUT2D eigenvalue weighted by molar-refractivity contribution is 6.04. The van der Waals surface area contributed by atoms with Crippen LogP contribution in [0.2, 0.25) is 0 Å². The topological polar surface area (TPSA) is 70.1 Å². The van der Waals surface area contributed by atoms with Gasteiger partial charge in [0.1, 0.15) is 5.82 Å². The van der Waals surface area contributed by atoms with Gasteiger partial charge in [-0.1, -0.05) is 18.2 Å². The van der Waals surface area contributed by atoms with Crippen LogP contribution in [0.3, 0.4) is 0 Å². The van der Waals surface area contributed by atoms with E-state index in [0.29, 0.717) is 18.8 Å². The Kier molecular flexibility index (Phi) is 3.57. The number of nitrogens with zero attached hydrogens (tertiary/aromatic N) is 5. The predicted molar refractivity (Wildman–Crippen MR) is 90.6 cm³/mol. The Morgan fingerprint density at radius 1 is 1.25 bits per heavy atom. The molecule has 0 saturated carbocycles. The van der Waals surface area contributed by atoms with Crippen LogP contribution >= 0.6 is 0 Å². The number of hydrogen-bond acceptors (Lipinski definition) is 4. The fourth-order valence-corrected chi connectivity index (χ4v) is 3.31. The summed E-state index contributed by atoms with van der Waals surface area (Å²) in [5.74, 6) is 0.946. The normalized spacial score (nSPS) is 19.1. The lowest BCUT2D eigenvalue weighted by Crippen LogP contribution is -2.49. The number of carbonyl (C=O) groups excluding carboxylic acids is 1. The second kappa shape index (κ2) is 5.76. The minimum absolute atomic E-state index is 0.0280. The van der Waals surface area contributed by atoms with Crippen molar-refractivity contribution in [3.63, 3.8) is 0 Å². The number of carbonyl (C=O) groups is 1. The van der Waals surface area contributed by atoms with Crippen LogP contribution in [0.5, 0.6) is 0 Å². The van der Waals surface area contributed by atoms with Gasteiger partial charge in [-0.05, 0) is 13.1 Å². The molecule has 1 amide bonds. The Balaban J connectivity index is 1.62.